The molecular formula is C15H22N2. The fourth-order valence-electron chi connectivity index (χ4n) is 2.57. The van der Waals surface area contributed by atoms with E-state index in [2.05, 4.69) is 63.8 Å². The van der Waals surface area contributed by atoms with Gasteiger partial charge in [0.1, 0.15) is 5.84 Å². The van der Waals surface area contributed by atoms with Gasteiger partial charge in [0.2, 0.25) is 0 Å². The molecule has 0 spiro atoms. The third-order valence-corrected chi connectivity index (χ3v) is 3.19. The Hall–Kier alpha value is -1.31. The third-order valence-electron chi connectivity index (χ3n) is 3.19. The van der Waals surface area contributed by atoms with Crippen molar-refractivity contribution in [2.75, 3.05) is 0 Å². The number of aliphatic imine (C=N–C) groups is 1. The van der Waals surface area contributed by atoms with Crippen LogP contribution in [0.5, 0.6) is 0 Å². The molecule has 0 unspecified atom stereocenters. The Balaban J connectivity index is 2.10. The van der Waals surface area contributed by atoms with Crippen molar-refractivity contribution in [1.29, 1.82) is 0 Å². The largest absolute Gasteiger partial charge is 0.341 e. The van der Waals surface area contributed by atoms with E-state index >= 15 is 0 Å². The van der Waals surface area contributed by atoms with Crippen molar-refractivity contribution in [3.8, 4) is 0 Å². The van der Waals surface area contributed by atoms with Gasteiger partial charge in [0.05, 0.1) is 12.1 Å². The summed E-state index contributed by atoms with van der Waals surface area (Å²) in [4.78, 5) is 7.14. The maximum absolute atomic E-state index is 4.75. The molecule has 0 saturated carbocycles. The summed E-state index contributed by atoms with van der Waals surface area (Å²) < 4.78 is 0. The predicted octanol–water partition coefficient (Wildman–Crippen LogP) is 3.48. The van der Waals surface area contributed by atoms with E-state index in [9.17, 15) is 0 Å². The second-order valence-corrected chi connectivity index (χ2v) is 6.19. The third kappa shape index (κ3) is 2.36. The molecule has 0 bridgehead atoms. The fourth-order valence-corrected chi connectivity index (χ4v) is 2.57. The molecule has 1 aromatic carbocycles. The Morgan fingerprint density at radius 2 is 1.71 bits per heavy atom. The van der Waals surface area contributed by atoms with E-state index in [0.717, 1.165) is 6.54 Å². The molecule has 2 rings (SSSR count). The number of hydrogen-bond acceptors (Lipinski definition) is 1. The SMILES string of the molecule is CC(C)(C)N1C(=NCc2ccccc2)C1(C)C. The van der Waals surface area contributed by atoms with Gasteiger partial charge in [-0.05, 0) is 40.2 Å². The smallest absolute Gasteiger partial charge is 0.126 e. The average Bonchev–Trinajstić information content (AvgIpc) is 2.79. The average molecular weight is 230 g/mol. The molecular weight excluding hydrogens is 208 g/mol. The molecule has 1 heterocycles. The molecule has 0 aromatic heterocycles. The first kappa shape index (κ1) is 12.2. The normalized spacial score (nSPS) is 20.8. The molecule has 0 N–H and O–H groups in total. The number of benzene rings is 1. The number of nitrogens with zero attached hydrogens (tertiary/aromatic N) is 2. The summed E-state index contributed by atoms with van der Waals surface area (Å²) >= 11 is 0. The molecule has 1 aromatic rings. The summed E-state index contributed by atoms with van der Waals surface area (Å²) in [5.41, 5.74) is 1.57. The molecule has 0 amide bonds. The van der Waals surface area contributed by atoms with Crippen molar-refractivity contribution >= 4 is 5.84 Å². The first-order valence-electron chi connectivity index (χ1n) is 6.22. The van der Waals surface area contributed by atoms with E-state index in [0.29, 0.717) is 0 Å². The predicted molar refractivity (Wildman–Crippen MR) is 73.3 cm³/mol. The highest BCUT2D eigenvalue weighted by Gasteiger charge is 2.56. The number of amidine groups is 1. The fraction of sp³-hybridized carbons (Fsp3) is 0.533. The zero-order valence-electron chi connectivity index (χ0n) is 11.5. The Bertz CT molecular complexity index is 424. The van der Waals surface area contributed by atoms with E-state index in [1.165, 1.54) is 11.4 Å². The first-order chi connectivity index (χ1) is 7.83. The van der Waals surface area contributed by atoms with Crippen molar-refractivity contribution in [3.05, 3.63) is 35.9 Å². The highest BCUT2D eigenvalue weighted by atomic mass is 15.4. The lowest BCUT2D eigenvalue weighted by Crippen LogP contribution is -2.30. The molecule has 17 heavy (non-hydrogen) atoms. The maximum atomic E-state index is 4.75. The Labute approximate surface area is 104 Å². The van der Waals surface area contributed by atoms with Gasteiger partial charge in [0.25, 0.3) is 0 Å². The van der Waals surface area contributed by atoms with Crippen LogP contribution >= 0.6 is 0 Å². The summed E-state index contributed by atoms with van der Waals surface area (Å²) in [5.74, 6) is 1.23. The van der Waals surface area contributed by atoms with E-state index in [4.69, 9.17) is 4.99 Å². The maximum Gasteiger partial charge on any atom is 0.126 e. The minimum Gasteiger partial charge on any atom is -0.341 e. The summed E-state index contributed by atoms with van der Waals surface area (Å²) in [6.45, 7) is 12.0. The molecule has 2 heteroatoms. The van der Waals surface area contributed by atoms with Crippen molar-refractivity contribution in [2.45, 2.75) is 52.2 Å². The molecule has 0 atom stereocenters. The minimum absolute atomic E-state index is 0.132. The van der Waals surface area contributed by atoms with Crippen LogP contribution in [0.2, 0.25) is 0 Å². The zero-order chi connectivity index (χ0) is 12.7. The van der Waals surface area contributed by atoms with Crippen molar-refractivity contribution in [3.63, 3.8) is 0 Å². The molecule has 0 radical (unpaired) electrons. The monoisotopic (exact) mass is 230 g/mol. The van der Waals surface area contributed by atoms with Gasteiger partial charge in [-0.3, -0.25) is 4.99 Å². The van der Waals surface area contributed by atoms with Gasteiger partial charge in [-0.2, -0.15) is 0 Å². The molecule has 1 aliphatic rings. The van der Waals surface area contributed by atoms with Crippen LogP contribution in [0.3, 0.4) is 0 Å². The Kier molecular flexibility index (Phi) is 2.76. The molecule has 1 saturated heterocycles. The van der Waals surface area contributed by atoms with Crippen LogP contribution in [0.4, 0.5) is 0 Å². The van der Waals surface area contributed by atoms with Crippen molar-refractivity contribution in [1.82, 2.24) is 4.90 Å². The van der Waals surface area contributed by atoms with Crippen molar-refractivity contribution in [2.24, 2.45) is 4.99 Å². The second-order valence-electron chi connectivity index (χ2n) is 6.19. The van der Waals surface area contributed by atoms with Crippen LogP contribution < -0.4 is 0 Å². The van der Waals surface area contributed by atoms with E-state index in [1.54, 1.807) is 0 Å². The highest BCUT2D eigenvalue weighted by Crippen LogP contribution is 2.42. The minimum atomic E-state index is 0.132. The lowest BCUT2D eigenvalue weighted by Gasteiger charge is -2.23. The Morgan fingerprint density at radius 3 is 2.18 bits per heavy atom. The molecule has 1 aliphatic heterocycles. The van der Waals surface area contributed by atoms with Gasteiger partial charge in [-0.25, -0.2) is 0 Å². The van der Waals surface area contributed by atoms with Gasteiger partial charge in [0, 0.05) is 5.54 Å². The quantitative estimate of drug-likeness (QED) is 0.710. The van der Waals surface area contributed by atoms with Crippen LogP contribution in [0, 0.1) is 0 Å². The zero-order valence-corrected chi connectivity index (χ0v) is 11.5. The number of hydrogen-bond donors (Lipinski definition) is 0. The van der Waals surface area contributed by atoms with Gasteiger partial charge >= 0.3 is 0 Å². The summed E-state index contributed by atoms with van der Waals surface area (Å²) in [6.07, 6.45) is 0. The van der Waals surface area contributed by atoms with Crippen LogP contribution in [0.1, 0.15) is 40.2 Å². The van der Waals surface area contributed by atoms with E-state index < -0.39 is 0 Å². The van der Waals surface area contributed by atoms with E-state index in [-0.39, 0.29) is 11.1 Å². The van der Waals surface area contributed by atoms with E-state index in [1.807, 2.05) is 6.07 Å². The highest BCUT2D eigenvalue weighted by molar-refractivity contribution is 6.06. The lowest BCUT2D eigenvalue weighted by atomic mass is 10.1. The molecule has 2 nitrogen and oxygen atoms in total. The summed E-state index contributed by atoms with van der Waals surface area (Å²) in [5, 5.41) is 0. The standard InChI is InChI=1S/C15H22N2/c1-14(2,3)17-13(15(17,4)5)16-11-12-9-7-6-8-10-12/h6-10H,11H2,1-5H3. The van der Waals surface area contributed by atoms with Crippen LogP contribution in [0.15, 0.2) is 35.3 Å². The second kappa shape index (κ2) is 3.86. The molecule has 0 aliphatic carbocycles. The van der Waals surface area contributed by atoms with Crippen LogP contribution in [-0.2, 0) is 6.54 Å². The lowest BCUT2D eigenvalue weighted by molar-refractivity contribution is 0.272. The Morgan fingerprint density at radius 1 is 1.12 bits per heavy atom. The summed E-state index contributed by atoms with van der Waals surface area (Å²) in [6, 6.07) is 10.4. The van der Waals surface area contributed by atoms with Gasteiger partial charge in [0.15, 0.2) is 0 Å². The van der Waals surface area contributed by atoms with Crippen LogP contribution in [-0.4, -0.2) is 21.8 Å². The summed E-state index contributed by atoms with van der Waals surface area (Å²) in [7, 11) is 0. The topological polar surface area (TPSA) is 15.4 Å². The van der Waals surface area contributed by atoms with Gasteiger partial charge in [-0.15, -0.1) is 0 Å². The molecule has 92 valence electrons. The molecule has 1 fully saturated rings. The first-order valence-corrected chi connectivity index (χ1v) is 6.22. The van der Waals surface area contributed by atoms with Gasteiger partial charge < -0.3 is 4.90 Å². The number of rotatable bonds is 2. The van der Waals surface area contributed by atoms with Crippen LogP contribution in [0.25, 0.3) is 0 Å². The van der Waals surface area contributed by atoms with Crippen molar-refractivity contribution < 1.29 is 0 Å². The van der Waals surface area contributed by atoms with Gasteiger partial charge in [-0.1, -0.05) is 30.3 Å².